The van der Waals surface area contributed by atoms with E-state index in [-0.39, 0.29) is 12.5 Å². The van der Waals surface area contributed by atoms with E-state index in [0.29, 0.717) is 16.5 Å². The highest BCUT2D eigenvalue weighted by molar-refractivity contribution is 6.33. The molecule has 19 heavy (non-hydrogen) atoms. The molecule has 0 saturated heterocycles. The van der Waals surface area contributed by atoms with Crippen molar-refractivity contribution in [1.82, 2.24) is 15.3 Å². The number of pyridine rings is 1. The van der Waals surface area contributed by atoms with E-state index in [9.17, 15) is 4.79 Å². The van der Waals surface area contributed by atoms with Gasteiger partial charge in [-0.1, -0.05) is 18.5 Å². The number of oxazole rings is 1. The van der Waals surface area contributed by atoms with E-state index in [0.717, 1.165) is 17.9 Å². The lowest BCUT2D eigenvalue weighted by molar-refractivity contribution is 0.0947. The zero-order valence-corrected chi connectivity index (χ0v) is 11.5. The molecule has 0 bridgehead atoms. The Balaban J connectivity index is 2.01. The first-order valence-electron chi connectivity index (χ1n) is 5.94. The van der Waals surface area contributed by atoms with E-state index in [2.05, 4.69) is 15.3 Å². The van der Waals surface area contributed by atoms with Gasteiger partial charge in [-0.05, 0) is 13.0 Å². The number of halogens is 1. The van der Waals surface area contributed by atoms with Crippen LogP contribution in [0.5, 0.6) is 0 Å². The second kappa shape index (κ2) is 5.84. The fourth-order valence-corrected chi connectivity index (χ4v) is 1.83. The van der Waals surface area contributed by atoms with Gasteiger partial charge in [-0.2, -0.15) is 0 Å². The molecular weight excluding hydrogens is 266 g/mol. The van der Waals surface area contributed by atoms with E-state index in [1.165, 1.54) is 6.20 Å². The lowest BCUT2D eigenvalue weighted by Crippen LogP contribution is -2.23. The van der Waals surface area contributed by atoms with Crippen molar-refractivity contribution in [2.24, 2.45) is 0 Å². The van der Waals surface area contributed by atoms with Crippen molar-refractivity contribution in [2.45, 2.75) is 26.8 Å². The molecule has 5 nitrogen and oxygen atoms in total. The van der Waals surface area contributed by atoms with Crippen molar-refractivity contribution in [3.8, 4) is 0 Å². The van der Waals surface area contributed by atoms with Gasteiger partial charge in [0.1, 0.15) is 5.76 Å². The third kappa shape index (κ3) is 3.32. The molecule has 0 fully saturated rings. The summed E-state index contributed by atoms with van der Waals surface area (Å²) in [4.78, 5) is 20.0. The second-order valence-electron chi connectivity index (χ2n) is 4.06. The fraction of sp³-hybridized carbons (Fsp3) is 0.308. The number of nitrogens with one attached hydrogen (secondary N) is 1. The summed E-state index contributed by atoms with van der Waals surface area (Å²) >= 11 is 5.99. The van der Waals surface area contributed by atoms with E-state index < -0.39 is 0 Å². The molecular formula is C13H14ClN3O2. The molecule has 2 aromatic rings. The molecule has 1 amide bonds. The van der Waals surface area contributed by atoms with Crippen LogP contribution in [-0.4, -0.2) is 15.9 Å². The average Bonchev–Trinajstić information content (AvgIpc) is 2.84. The van der Waals surface area contributed by atoms with Gasteiger partial charge in [-0.15, -0.1) is 0 Å². The highest BCUT2D eigenvalue weighted by atomic mass is 35.5. The average molecular weight is 280 g/mol. The van der Waals surface area contributed by atoms with Gasteiger partial charge in [0.25, 0.3) is 5.91 Å². The highest BCUT2D eigenvalue weighted by Crippen LogP contribution is 2.15. The Kier molecular flexibility index (Phi) is 4.16. The molecule has 2 aromatic heterocycles. The normalized spacial score (nSPS) is 10.5. The molecule has 0 aliphatic heterocycles. The summed E-state index contributed by atoms with van der Waals surface area (Å²) in [5.74, 6) is 0.967. The van der Waals surface area contributed by atoms with Crippen LogP contribution >= 0.6 is 11.6 Å². The molecule has 1 N–H and O–H groups in total. The predicted octanol–water partition coefficient (Wildman–Crippen LogP) is 2.52. The summed E-state index contributed by atoms with van der Waals surface area (Å²) in [6.07, 6.45) is 3.89. The van der Waals surface area contributed by atoms with Crippen molar-refractivity contribution in [1.29, 1.82) is 0 Å². The van der Waals surface area contributed by atoms with Crippen LogP contribution in [-0.2, 0) is 13.0 Å². The third-order valence-corrected chi connectivity index (χ3v) is 2.90. The maximum absolute atomic E-state index is 11.9. The number of aryl methyl sites for hydroxylation is 2. The fourth-order valence-electron chi connectivity index (χ4n) is 1.54. The van der Waals surface area contributed by atoms with Gasteiger partial charge in [0.15, 0.2) is 0 Å². The molecule has 100 valence electrons. The molecule has 0 aromatic carbocycles. The summed E-state index contributed by atoms with van der Waals surface area (Å²) in [5, 5.41) is 3.07. The van der Waals surface area contributed by atoms with Crippen LogP contribution in [0.25, 0.3) is 0 Å². The standard InChI is InChI=1S/C13H14ClN3O2/c1-3-9-5-16-12(19-9)7-17-13(18)10-6-15-8(2)4-11(10)14/h4-6H,3,7H2,1-2H3,(H,17,18). The molecule has 0 unspecified atom stereocenters. The summed E-state index contributed by atoms with van der Waals surface area (Å²) < 4.78 is 5.39. The van der Waals surface area contributed by atoms with Gasteiger partial charge in [-0.3, -0.25) is 9.78 Å². The lowest BCUT2D eigenvalue weighted by Gasteiger charge is -2.05. The topological polar surface area (TPSA) is 68.0 Å². The smallest absolute Gasteiger partial charge is 0.254 e. The van der Waals surface area contributed by atoms with Gasteiger partial charge < -0.3 is 9.73 Å². The van der Waals surface area contributed by atoms with E-state index in [1.807, 2.05) is 13.8 Å². The molecule has 0 atom stereocenters. The number of amides is 1. The molecule has 0 saturated carbocycles. The largest absolute Gasteiger partial charge is 0.444 e. The first-order valence-corrected chi connectivity index (χ1v) is 6.32. The zero-order chi connectivity index (χ0) is 13.8. The first-order chi connectivity index (χ1) is 9.10. The van der Waals surface area contributed by atoms with Crippen molar-refractivity contribution < 1.29 is 9.21 Å². The van der Waals surface area contributed by atoms with Gasteiger partial charge in [-0.25, -0.2) is 4.98 Å². The summed E-state index contributed by atoms with van der Waals surface area (Å²) in [6.45, 7) is 4.01. The van der Waals surface area contributed by atoms with Gasteiger partial charge >= 0.3 is 0 Å². The number of carbonyl (C=O) groups excluding carboxylic acids is 1. The molecule has 0 radical (unpaired) electrons. The highest BCUT2D eigenvalue weighted by Gasteiger charge is 2.12. The van der Waals surface area contributed by atoms with Gasteiger partial charge in [0, 0.05) is 18.3 Å². The van der Waals surface area contributed by atoms with Crippen LogP contribution in [0.1, 0.15) is 34.6 Å². The molecule has 0 spiro atoms. The maximum Gasteiger partial charge on any atom is 0.254 e. The number of hydrogen-bond donors (Lipinski definition) is 1. The van der Waals surface area contributed by atoms with Gasteiger partial charge in [0.2, 0.25) is 5.89 Å². The van der Waals surface area contributed by atoms with Crippen LogP contribution in [0.15, 0.2) is 22.9 Å². The number of carbonyl (C=O) groups is 1. The number of aromatic nitrogens is 2. The van der Waals surface area contributed by atoms with Crippen LogP contribution < -0.4 is 5.32 Å². The Hall–Kier alpha value is -1.88. The lowest BCUT2D eigenvalue weighted by atomic mass is 10.2. The molecule has 0 aliphatic rings. The van der Waals surface area contributed by atoms with Crippen LogP contribution in [0.3, 0.4) is 0 Å². The van der Waals surface area contributed by atoms with Gasteiger partial charge in [0.05, 0.1) is 23.3 Å². The zero-order valence-electron chi connectivity index (χ0n) is 10.7. The quantitative estimate of drug-likeness (QED) is 0.934. The van der Waals surface area contributed by atoms with Crippen LogP contribution in [0, 0.1) is 6.92 Å². The van der Waals surface area contributed by atoms with Crippen molar-refractivity contribution in [2.75, 3.05) is 0 Å². The summed E-state index contributed by atoms with van der Waals surface area (Å²) in [5.41, 5.74) is 1.11. The number of rotatable bonds is 4. The second-order valence-corrected chi connectivity index (χ2v) is 4.47. The predicted molar refractivity (Wildman–Crippen MR) is 71.0 cm³/mol. The maximum atomic E-state index is 11.9. The minimum absolute atomic E-state index is 0.225. The van der Waals surface area contributed by atoms with Crippen molar-refractivity contribution in [3.05, 3.63) is 46.4 Å². The third-order valence-electron chi connectivity index (χ3n) is 2.58. The molecule has 6 heteroatoms. The summed E-state index contributed by atoms with van der Waals surface area (Å²) in [6, 6.07) is 1.65. The van der Waals surface area contributed by atoms with E-state index >= 15 is 0 Å². The molecule has 2 heterocycles. The van der Waals surface area contributed by atoms with Crippen molar-refractivity contribution >= 4 is 17.5 Å². The van der Waals surface area contributed by atoms with E-state index in [1.54, 1.807) is 12.3 Å². The minimum Gasteiger partial charge on any atom is -0.444 e. The Morgan fingerprint density at radius 2 is 2.21 bits per heavy atom. The minimum atomic E-state index is -0.297. The molecule has 2 rings (SSSR count). The van der Waals surface area contributed by atoms with Crippen molar-refractivity contribution in [3.63, 3.8) is 0 Å². The monoisotopic (exact) mass is 279 g/mol. The Labute approximate surface area is 116 Å². The number of hydrogen-bond acceptors (Lipinski definition) is 4. The summed E-state index contributed by atoms with van der Waals surface area (Å²) in [7, 11) is 0. The van der Waals surface area contributed by atoms with Crippen LogP contribution in [0.4, 0.5) is 0 Å². The first kappa shape index (κ1) is 13.5. The Bertz CT molecular complexity index is 595. The van der Waals surface area contributed by atoms with Crippen LogP contribution in [0.2, 0.25) is 5.02 Å². The Morgan fingerprint density at radius 1 is 1.42 bits per heavy atom. The number of nitrogens with zero attached hydrogens (tertiary/aromatic N) is 2. The molecule has 0 aliphatic carbocycles. The Morgan fingerprint density at radius 3 is 2.84 bits per heavy atom. The van der Waals surface area contributed by atoms with E-state index in [4.69, 9.17) is 16.0 Å². The SMILES string of the molecule is CCc1cnc(CNC(=O)c2cnc(C)cc2Cl)o1.